The van der Waals surface area contributed by atoms with Crippen LogP contribution in [0.4, 0.5) is 4.39 Å². The zero-order valence-corrected chi connectivity index (χ0v) is 18.1. The molecule has 0 atom stereocenters. The second-order valence-electron chi connectivity index (χ2n) is 7.56. The number of aromatic nitrogens is 1. The molecule has 0 fully saturated rings. The Labute approximate surface area is 195 Å². The first-order chi connectivity index (χ1) is 16.5. The van der Waals surface area contributed by atoms with E-state index in [2.05, 4.69) is 15.8 Å². The van der Waals surface area contributed by atoms with Gasteiger partial charge in [-0.1, -0.05) is 30.3 Å². The summed E-state index contributed by atoms with van der Waals surface area (Å²) in [5.74, 6) is -0.847. The van der Waals surface area contributed by atoms with E-state index >= 15 is 0 Å². The summed E-state index contributed by atoms with van der Waals surface area (Å²) in [5.41, 5.74) is 8.54. The summed E-state index contributed by atoms with van der Waals surface area (Å²) in [6.45, 7) is -0.300. The smallest absolute Gasteiger partial charge is 0.276 e. The van der Waals surface area contributed by atoms with E-state index in [1.54, 1.807) is 30.3 Å². The molecule has 0 aliphatic rings. The molecule has 0 unspecified atom stereocenters. The van der Waals surface area contributed by atoms with E-state index < -0.39 is 11.8 Å². The summed E-state index contributed by atoms with van der Waals surface area (Å²) in [6.07, 6.45) is 0.428. The molecule has 7 nitrogen and oxygen atoms in total. The van der Waals surface area contributed by atoms with Gasteiger partial charge in [0, 0.05) is 23.0 Å². The molecule has 3 N–H and O–H groups in total. The molecule has 170 valence electrons. The van der Waals surface area contributed by atoms with Gasteiger partial charge in [-0.25, -0.2) is 4.39 Å². The molecule has 0 radical (unpaired) electrons. The maximum absolute atomic E-state index is 13.9. The topological polar surface area (TPSA) is 107 Å². The molecule has 3 aromatic carbocycles. The molecule has 1 aromatic heterocycles. The summed E-state index contributed by atoms with van der Waals surface area (Å²) in [6, 6.07) is 22.4. The number of H-pyrrole nitrogens is 1. The molecule has 0 aliphatic carbocycles. The Hall–Kier alpha value is -4.64. The maximum Gasteiger partial charge on any atom is 0.276 e. The number of nitriles is 1. The molecule has 8 heteroatoms. The molecule has 0 bridgehead atoms. The molecule has 0 aliphatic heterocycles. The third kappa shape index (κ3) is 5.40. The van der Waals surface area contributed by atoms with Crippen LogP contribution in [0.1, 0.15) is 17.5 Å². The SMILES string of the molecule is N#Cc1ccc(OCC(=O)NNC(=O)CCc2c(-c3ccccc3)[nH]c3ccc(F)cc23)cc1. The van der Waals surface area contributed by atoms with Crippen molar-refractivity contribution in [3.8, 4) is 23.1 Å². The molecule has 4 aromatic rings. The number of aromatic amines is 1. The Bertz CT molecular complexity index is 1360. The average molecular weight is 456 g/mol. The van der Waals surface area contributed by atoms with Gasteiger partial charge in [-0.3, -0.25) is 20.4 Å². The van der Waals surface area contributed by atoms with Crippen LogP contribution in [0.15, 0.2) is 72.8 Å². The van der Waals surface area contributed by atoms with E-state index in [9.17, 15) is 14.0 Å². The fourth-order valence-corrected chi connectivity index (χ4v) is 3.58. The summed E-state index contributed by atoms with van der Waals surface area (Å²) < 4.78 is 19.2. The number of nitrogens with one attached hydrogen (secondary N) is 3. The lowest BCUT2D eigenvalue weighted by atomic mass is 10.0. The average Bonchev–Trinajstić information content (AvgIpc) is 3.23. The molecule has 2 amide bonds. The van der Waals surface area contributed by atoms with Gasteiger partial charge in [0.1, 0.15) is 11.6 Å². The number of nitrogens with zero attached hydrogens (tertiary/aromatic N) is 1. The standard InChI is InChI=1S/C26H21FN4O3/c27-19-8-12-23-22(14-19)21(26(29-23)18-4-2-1-3-5-18)11-13-24(32)30-31-25(33)16-34-20-9-6-17(15-28)7-10-20/h1-10,12,14,29H,11,13,16H2,(H,30,32)(H,31,33). The first-order valence-corrected chi connectivity index (χ1v) is 10.6. The molecule has 0 saturated heterocycles. The normalized spacial score (nSPS) is 10.5. The molecule has 0 saturated carbocycles. The Kier molecular flexibility index (Phi) is 6.84. The molecular formula is C26H21FN4O3. The van der Waals surface area contributed by atoms with Crippen LogP contribution >= 0.6 is 0 Å². The number of benzene rings is 3. The number of carbonyl (C=O) groups is 2. The Morgan fingerprint density at radius 2 is 1.71 bits per heavy atom. The summed E-state index contributed by atoms with van der Waals surface area (Å²) in [7, 11) is 0. The first-order valence-electron chi connectivity index (χ1n) is 10.6. The lowest BCUT2D eigenvalue weighted by Gasteiger charge is -2.09. The number of halogens is 1. The number of hydrazine groups is 1. The van der Waals surface area contributed by atoms with Crippen LogP contribution in [-0.4, -0.2) is 23.4 Å². The van der Waals surface area contributed by atoms with Gasteiger partial charge in [0.15, 0.2) is 6.61 Å². The van der Waals surface area contributed by atoms with Crippen LogP contribution in [0.2, 0.25) is 0 Å². The zero-order valence-electron chi connectivity index (χ0n) is 18.1. The summed E-state index contributed by atoms with van der Waals surface area (Å²) in [5, 5.41) is 9.51. The fourth-order valence-electron chi connectivity index (χ4n) is 3.58. The van der Waals surface area contributed by atoms with Gasteiger partial charge in [0.2, 0.25) is 5.91 Å². The third-order valence-electron chi connectivity index (χ3n) is 5.23. The quantitative estimate of drug-likeness (QED) is 0.365. The molecule has 0 spiro atoms. The van der Waals surface area contributed by atoms with Crippen LogP contribution in [0.5, 0.6) is 5.75 Å². The van der Waals surface area contributed by atoms with Gasteiger partial charge in [-0.2, -0.15) is 5.26 Å². The van der Waals surface area contributed by atoms with Crippen molar-refractivity contribution in [2.45, 2.75) is 12.8 Å². The van der Waals surface area contributed by atoms with E-state index in [0.29, 0.717) is 23.1 Å². The molecular weight excluding hydrogens is 435 g/mol. The van der Waals surface area contributed by atoms with Gasteiger partial charge in [-0.05, 0) is 60.0 Å². The zero-order chi connectivity index (χ0) is 23.9. The highest BCUT2D eigenvalue weighted by molar-refractivity contribution is 5.91. The highest BCUT2D eigenvalue weighted by Crippen LogP contribution is 2.31. The second-order valence-corrected chi connectivity index (χ2v) is 7.56. The van der Waals surface area contributed by atoms with Gasteiger partial charge >= 0.3 is 0 Å². The number of amides is 2. The van der Waals surface area contributed by atoms with Crippen molar-refractivity contribution < 1.29 is 18.7 Å². The van der Waals surface area contributed by atoms with Gasteiger partial charge in [-0.15, -0.1) is 0 Å². The number of hydrogen-bond acceptors (Lipinski definition) is 4. The predicted octanol–water partition coefficient (Wildman–Crippen LogP) is 4.00. The summed E-state index contributed by atoms with van der Waals surface area (Å²) >= 11 is 0. The van der Waals surface area contributed by atoms with Crippen molar-refractivity contribution in [2.24, 2.45) is 0 Å². The van der Waals surface area contributed by atoms with Crippen LogP contribution in [0.25, 0.3) is 22.2 Å². The van der Waals surface area contributed by atoms with Crippen LogP contribution in [0.3, 0.4) is 0 Å². The minimum Gasteiger partial charge on any atom is -0.484 e. The fraction of sp³-hybridized carbons (Fsp3) is 0.115. The van der Waals surface area contributed by atoms with Crippen molar-refractivity contribution in [2.75, 3.05) is 6.61 Å². The van der Waals surface area contributed by atoms with E-state index in [1.165, 1.54) is 12.1 Å². The predicted molar refractivity (Wildman–Crippen MR) is 125 cm³/mol. The van der Waals surface area contributed by atoms with Crippen molar-refractivity contribution in [3.05, 3.63) is 89.7 Å². The second kappa shape index (κ2) is 10.3. The first kappa shape index (κ1) is 22.6. The van der Waals surface area contributed by atoms with E-state index in [-0.39, 0.29) is 18.8 Å². The Morgan fingerprint density at radius 1 is 0.971 bits per heavy atom. The van der Waals surface area contributed by atoms with E-state index in [0.717, 1.165) is 22.3 Å². The number of aryl methyl sites for hydroxylation is 1. The number of hydrogen-bond donors (Lipinski definition) is 3. The van der Waals surface area contributed by atoms with Gasteiger partial charge in [0.05, 0.1) is 11.6 Å². The monoisotopic (exact) mass is 456 g/mol. The van der Waals surface area contributed by atoms with Crippen molar-refractivity contribution in [3.63, 3.8) is 0 Å². The van der Waals surface area contributed by atoms with Crippen LogP contribution in [-0.2, 0) is 16.0 Å². The van der Waals surface area contributed by atoms with E-state index in [4.69, 9.17) is 10.00 Å². The van der Waals surface area contributed by atoms with Crippen molar-refractivity contribution in [1.82, 2.24) is 15.8 Å². The highest BCUT2D eigenvalue weighted by Gasteiger charge is 2.15. The Balaban J connectivity index is 1.35. The van der Waals surface area contributed by atoms with Crippen LogP contribution < -0.4 is 15.6 Å². The number of fused-ring (bicyclic) bond motifs is 1. The van der Waals surface area contributed by atoms with Crippen molar-refractivity contribution >= 4 is 22.7 Å². The largest absolute Gasteiger partial charge is 0.484 e. The van der Waals surface area contributed by atoms with Crippen molar-refractivity contribution in [1.29, 1.82) is 5.26 Å². The highest BCUT2D eigenvalue weighted by atomic mass is 19.1. The maximum atomic E-state index is 13.9. The lowest BCUT2D eigenvalue weighted by molar-refractivity contribution is -0.130. The number of rotatable bonds is 7. The molecule has 4 rings (SSSR count). The van der Waals surface area contributed by atoms with Crippen LogP contribution in [0, 0.1) is 17.1 Å². The number of carbonyl (C=O) groups excluding carboxylic acids is 2. The van der Waals surface area contributed by atoms with E-state index in [1.807, 2.05) is 36.4 Å². The number of ether oxygens (including phenoxy) is 1. The summed E-state index contributed by atoms with van der Waals surface area (Å²) in [4.78, 5) is 27.7. The molecule has 1 heterocycles. The Morgan fingerprint density at radius 3 is 2.44 bits per heavy atom. The molecule has 34 heavy (non-hydrogen) atoms. The minimum atomic E-state index is -0.531. The van der Waals surface area contributed by atoms with Gasteiger partial charge < -0.3 is 9.72 Å². The minimum absolute atomic E-state index is 0.0834. The third-order valence-corrected chi connectivity index (χ3v) is 5.23. The van der Waals surface area contributed by atoms with Gasteiger partial charge in [0.25, 0.3) is 5.91 Å². The lowest BCUT2D eigenvalue weighted by Crippen LogP contribution is -2.43.